The third kappa shape index (κ3) is 8.41. The van der Waals surface area contributed by atoms with Crippen LogP contribution in [-0.2, 0) is 10.3 Å². The molecule has 0 atom stereocenters. The minimum Gasteiger partial charge on any atom is -0.449 e. The summed E-state index contributed by atoms with van der Waals surface area (Å²) in [5.41, 5.74) is -1.16. The first-order valence-electron chi connectivity index (χ1n) is 12.2. The molecule has 5 nitrogen and oxygen atoms in total. The number of nitrogens with zero attached hydrogens (tertiary/aromatic N) is 1. The lowest BCUT2D eigenvalue weighted by atomic mass is 9.82. The smallest absolute Gasteiger partial charge is 0.449 e. The maximum atomic E-state index is 13.7. The second-order valence-electron chi connectivity index (χ2n) is 10.3. The third-order valence-corrected chi connectivity index (χ3v) is 7.69. The van der Waals surface area contributed by atoms with Crippen molar-refractivity contribution in [3.63, 3.8) is 0 Å². The Morgan fingerprint density at radius 3 is 1.65 bits per heavy atom. The summed E-state index contributed by atoms with van der Waals surface area (Å²) in [6.45, 7) is 7.87. The molecule has 0 heterocycles. The predicted octanol–water partition coefficient (Wildman–Crippen LogP) is 8.73. The van der Waals surface area contributed by atoms with Gasteiger partial charge >= 0.3 is 18.8 Å². The summed E-state index contributed by atoms with van der Waals surface area (Å²) in [4.78, 5) is 15.0. The van der Waals surface area contributed by atoms with Gasteiger partial charge in [-0.15, -0.1) is 26.3 Å². The maximum Gasteiger partial charge on any atom is 0.573 e. The highest BCUT2D eigenvalue weighted by molar-refractivity contribution is 6.76. The van der Waals surface area contributed by atoms with Gasteiger partial charge in [0.25, 0.3) is 0 Å². The van der Waals surface area contributed by atoms with Crippen LogP contribution in [0.3, 0.4) is 0 Å². The summed E-state index contributed by atoms with van der Waals surface area (Å²) in [7, 11) is -1.61. The number of alkyl halides is 6. The van der Waals surface area contributed by atoms with E-state index in [2.05, 4.69) is 29.1 Å². The van der Waals surface area contributed by atoms with Crippen molar-refractivity contribution in [1.29, 1.82) is 0 Å². The topological polar surface area (TPSA) is 48.0 Å². The molecule has 0 fully saturated rings. The van der Waals surface area contributed by atoms with Gasteiger partial charge in [-0.05, 0) is 60.5 Å². The SMILES string of the molecule is CC(c1cccc(OC(F)(F)F)c1)(c1cccc(OC(F)(F)F)c1)N(C(=O)OCC[Si](C)(C)C)c1ccccc1. The van der Waals surface area contributed by atoms with Crippen LogP contribution in [0.4, 0.5) is 36.8 Å². The average Bonchev–Trinajstić information content (AvgIpc) is 2.82. The molecule has 0 N–H and O–H groups in total. The van der Waals surface area contributed by atoms with Crippen LogP contribution in [0.2, 0.25) is 25.7 Å². The van der Waals surface area contributed by atoms with Crippen molar-refractivity contribution in [1.82, 2.24) is 0 Å². The Bertz CT molecular complexity index is 1230. The molecule has 40 heavy (non-hydrogen) atoms. The van der Waals surface area contributed by atoms with Crippen molar-refractivity contribution in [3.05, 3.63) is 90.0 Å². The van der Waals surface area contributed by atoms with Crippen LogP contribution in [0.25, 0.3) is 0 Å². The van der Waals surface area contributed by atoms with Gasteiger partial charge in [-0.25, -0.2) is 4.79 Å². The molecule has 216 valence electrons. The molecule has 0 saturated carbocycles. The van der Waals surface area contributed by atoms with Crippen molar-refractivity contribution in [3.8, 4) is 11.5 Å². The van der Waals surface area contributed by atoms with Gasteiger partial charge in [0.15, 0.2) is 0 Å². The molecular weight excluding hydrogens is 556 g/mol. The highest BCUT2D eigenvalue weighted by Gasteiger charge is 2.43. The van der Waals surface area contributed by atoms with Crippen LogP contribution >= 0.6 is 0 Å². The lowest BCUT2D eigenvalue weighted by Crippen LogP contribution is -2.49. The molecule has 0 spiro atoms. The number of halogens is 6. The number of amides is 1. The van der Waals surface area contributed by atoms with Crippen molar-refractivity contribution >= 4 is 19.9 Å². The van der Waals surface area contributed by atoms with Gasteiger partial charge in [-0.1, -0.05) is 62.1 Å². The van der Waals surface area contributed by atoms with E-state index in [0.717, 1.165) is 24.3 Å². The Kier molecular flexibility index (Phi) is 9.13. The molecule has 1 amide bonds. The molecule has 0 radical (unpaired) electrons. The molecule has 0 saturated heterocycles. The Balaban J connectivity index is 2.24. The van der Waals surface area contributed by atoms with E-state index < -0.39 is 43.9 Å². The fraction of sp³-hybridized carbons (Fsp3) is 0.321. The van der Waals surface area contributed by atoms with Crippen LogP contribution in [0.5, 0.6) is 11.5 Å². The second kappa shape index (κ2) is 11.8. The molecule has 12 heteroatoms. The monoisotopic (exact) mass is 585 g/mol. The number of rotatable bonds is 9. The molecule has 0 aliphatic carbocycles. The summed E-state index contributed by atoms with van der Waals surface area (Å²) in [5.74, 6) is -1.14. The van der Waals surface area contributed by atoms with Crippen molar-refractivity contribution in [2.24, 2.45) is 0 Å². The minimum absolute atomic E-state index is 0.0857. The van der Waals surface area contributed by atoms with Gasteiger partial charge in [0.05, 0.1) is 12.1 Å². The van der Waals surface area contributed by atoms with Gasteiger partial charge in [-0.3, -0.25) is 4.90 Å². The standard InChI is InChI=1S/C28H29F6NO4Si/c1-26(20-10-8-14-23(18-20)38-27(29,30)31,21-11-9-15-24(19-21)39-28(32,33)34)35(22-12-6-5-7-13-22)25(36)37-16-17-40(2,3)4/h5-15,18-19H,16-17H2,1-4H3. The average molecular weight is 586 g/mol. The van der Waals surface area contributed by atoms with Crippen LogP contribution < -0.4 is 14.4 Å². The number of ether oxygens (including phenoxy) is 3. The van der Waals surface area contributed by atoms with Crippen LogP contribution in [0, 0.1) is 0 Å². The number of hydrogen-bond donors (Lipinski definition) is 0. The van der Waals surface area contributed by atoms with Gasteiger partial charge in [0, 0.05) is 13.8 Å². The summed E-state index contributed by atoms with van der Waals surface area (Å²) in [6.07, 6.45) is -10.8. The van der Waals surface area contributed by atoms with Crippen LogP contribution in [0.15, 0.2) is 78.9 Å². The van der Waals surface area contributed by atoms with E-state index in [4.69, 9.17) is 4.74 Å². The Hall–Kier alpha value is -3.67. The predicted molar refractivity (Wildman–Crippen MR) is 141 cm³/mol. The highest BCUT2D eigenvalue weighted by atomic mass is 28.3. The Morgan fingerprint density at radius 1 is 0.750 bits per heavy atom. The van der Waals surface area contributed by atoms with Crippen LogP contribution in [-0.4, -0.2) is 33.5 Å². The van der Waals surface area contributed by atoms with Gasteiger partial charge < -0.3 is 14.2 Å². The van der Waals surface area contributed by atoms with E-state index in [-0.39, 0.29) is 17.7 Å². The number of para-hydroxylation sites is 1. The number of carbonyl (C=O) groups excluding carboxylic acids is 1. The molecule has 3 aromatic carbocycles. The first kappa shape index (κ1) is 30.9. The maximum absolute atomic E-state index is 13.7. The summed E-state index contributed by atoms with van der Waals surface area (Å²) in [5, 5.41) is 0. The molecule has 0 unspecified atom stereocenters. The number of anilines is 1. The molecule has 0 bridgehead atoms. The largest absolute Gasteiger partial charge is 0.573 e. The molecule has 0 aliphatic rings. The first-order chi connectivity index (χ1) is 18.5. The van der Waals surface area contributed by atoms with E-state index in [1.165, 1.54) is 36.1 Å². The Morgan fingerprint density at radius 2 is 1.23 bits per heavy atom. The minimum atomic E-state index is -5.00. The summed E-state index contributed by atoms with van der Waals surface area (Å²) in [6, 6.07) is 18.6. The van der Waals surface area contributed by atoms with E-state index in [1.54, 1.807) is 30.3 Å². The molecule has 3 aromatic rings. The van der Waals surface area contributed by atoms with Gasteiger partial charge in [0.1, 0.15) is 11.5 Å². The van der Waals surface area contributed by atoms with E-state index in [1.807, 2.05) is 0 Å². The fourth-order valence-corrected chi connectivity index (χ4v) is 4.76. The molecule has 0 aromatic heterocycles. The first-order valence-corrected chi connectivity index (χ1v) is 15.9. The van der Waals surface area contributed by atoms with Crippen LogP contribution in [0.1, 0.15) is 18.1 Å². The highest BCUT2D eigenvalue weighted by Crippen LogP contribution is 2.42. The van der Waals surface area contributed by atoms with Crippen molar-refractivity contribution < 1.29 is 45.3 Å². The zero-order valence-electron chi connectivity index (χ0n) is 22.3. The molecular formula is C28H29F6NO4Si. The fourth-order valence-electron chi connectivity index (χ4n) is 4.05. The van der Waals surface area contributed by atoms with E-state index in [9.17, 15) is 31.1 Å². The lowest BCUT2D eigenvalue weighted by Gasteiger charge is -2.42. The van der Waals surface area contributed by atoms with Gasteiger partial charge in [0.2, 0.25) is 0 Å². The van der Waals surface area contributed by atoms with E-state index >= 15 is 0 Å². The van der Waals surface area contributed by atoms with Crippen molar-refractivity contribution in [2.45, 2.75) is 50.9 Å². The van der Waals surface area contributed by atoms with Crippen molar-refractivity contribution in [2.75, 3.05) is 11.5 Å². The zero-order chi connectivity index (χ0) is 29.8. The lowest BCUT2D eigenvalue weighted by molar-refractivity contribution is -0.275. The van der Waals surface area contributed by atoms with Gasteiger partial charge in [-0.2, -0.15) is 0 Å². The third-order valence-electron chi connectivity index (χ3n) is 5.98. The quantitative estimate of drug-likeness (QED) is 0.186. The summed E-state index contributed by atoms with van der Waals surface area (Å²) >= 11 is 0. The normalized spacial score (nSPS) is 12.6. The second-order valence-corrected chi connectivity index (χ2v) is 15.9. The summed E-state index contributed by atoms with van der Waals surface area (Å²) < 4.78 is 92.2. The van der Waals surface area contributed by atoms with E-state index in [0.29, 0.717) is 11.7 Å². The number of hydrogen-bond acceptors (Lipinski definition) is 4. The molecule has 3 rings (SSSR count). The number of carbonyl (C=O) groups is 1. The molecule has 0 aliphatic heterocycles. The zero-order valence-corrected chi connectivity index (χ0v) is 23.3. The Labute approximate surface area is 229 Å². The number of benzene rings is 3.